The molecule has 0 aliphatic carbocycles. The van der Waals surface area contributed by atoms with Crippen molar-refractivity contribution in [3.63, 3.8) is 0 Å². The van der Waals surface area contributed by atoms with Crippen LogP contribution in [0.1, 0.15) is 44.5 Å². The summed E-state index contributed by atoms with van der Waals surface area (Å²) < 4.78 is 6.22. The van der Waals surface area contributed by atoms with Crippen molar-refractivity contribution in [2.75, 3.05) is 7.05 Å². The molecule has 0 aliphatic heterocycles. The zero-order valence-corrected chi connectivity index (χ0v) is 14.7. The Balaban J connectivity index is 2.88. The van der Waals surface area contributed by atoms with Gasteiger partial charge in [-0.3, -0.25) is 4.79 Å². The molecular weight excluding hydrogens is 334 g/mol. The number of hydrogen-bond donors (Lipinski definition) is 0. The van der Waals surface area contributed by atoms with Crippen LogP contribution in [0.3, 0.4) is 0 Å². The summed E-state index contributed by atoms with van der Waals surface area (Å²) in [4.78, 5) is 26.0. The first-order chi connectivity index (χ1) is 9.65. The fourth-order valence-corrected chi connectivity index (χ4v) is 2.17. The highest BCUT2D eigenvalue weighted by Gasteiger charge is 2.29. The zero-order chi connectivity index (χ0) is 16.2. The molecule has 0 spiro atoms. The number of nitrogens with zero attached hydrogens (tertiary/aromatic N) is 1. The summed E-state index contributed by atoms with van der Waals surface area (Å²) in [6.45, 7) is 7.28. The lowest BCUT2D eigenvalue weighted by Crippen LogP contribution is -2.44. The van der Waals surface area contributed by atoms with Gasteiger partial charge in [0.05, 0.1) is 6.04 Å². The van der Waals surface area contributed by atoms with Crippen LogP contribution in [0.4, 0.5) is 4.79 Å². The average molecular weight is 356 g/mol. The number of halogens is 1. The number of carbonyl (C=O) groups excluding carboxylic acids is 2. The predicted molar refractivity (Wildman–Crippen MR) is 86.5 cm³/mol. The lowest BCUT2D eigenvalue weighted by molar-refractivity contribution is 0.0214. The van der Waals surface area contributed by atoms with Crippen LogP contribution in [-0.2, 0) is 4.74 Å². The molecule has 1 amide bonds. The Bertz CT molecular complexity index is 505. The molecule has 0 heterocycles. The number of Topliss-reactive ketones (excluding diaryl/α,β-unsaturated/α-hetero) is 1. The minimum Gasteiger partial charge on any atom is -0.444 e. The van der Waals surface area contributed by atoms with Crippen LogP contribution in [0.2, 0.25) is 0 Å². The van der Waals surface area contributed by atoms with Gasteiger partial charge in [0.1, 0.15) is 5.60 Å². The van der Waals surface area contributed by atoms with Crippen LogP contribution in [-0.4, -0.2) is 35.5 Å². The van der Waals surface area contributed by atoms with Gasteiger partial charge in [-0.1, -0.05) is 35.0 Å². The molecule has 1 rings (SSSR count). The fourth-order valence-electron chi connectivity index (χ4n) is 1.90. The maximum Gasteiger partial charge on any atom is 0.410 e. The number of likely N-dealkylation sites (N-methyl/N-ethyl adjacent to an activating group) is 1. The topological polar surface area (TPSA) is 46.6 Å². The van der Waals surface area contributed by atoms with Gasteiger partial charge in [-0.2, -0.15) is 0 Å². The van der Waals surface area contributed by atoms with E-state index in [1.165, 1.54) is 4.90 Å². The van der Waals surface area contributed by atoms with Gasteiger partial charge in [-0.05, 0) is 39.3 Å². The van der Waals surface area contributed by atoms with Gasteiger partial charge < -0.3 is 9.64 Å². The summed E-state index contributed by atoms with van der Waals surface area (Å²) in [5, 5.41) is 0. The fraction of sp³-hybridized carbons (Fsp3) is 0.500. The van der Waals surface area contributed by atoms with E-state index in [1.807, 2.05) is 19.1 Å². The maximum atomic E-state index is 12.5. The van der Waals surface area contributed by atoms with E-state index in [-0.39, 0.29) is 5.78 Å². The summed E-state index contributed by atoms with van der Waals surface area (Å²) >= 11 is 3.34. The van der Waals surface area contributed by atoms with Crippen LogP contribution in [0.15, 0.2) is 28.7 Å². The second-order valence-electron chi connectivity index (χ2n) is 5.89. The van der Waals surface area contributed by atoms with E-state index in [9.17, 15) is 9.59 Å². The van der Waals surface area contributed by atoms with E-state index in [2.05, 4.69) is 15.9 Å². The third-order valence-electron chi connectivity index (χ3n) is 2.97. The highest BCUT2D eigenvalue weighted by Crippen LogP contribution is 2.17. The van der Waals surface area contributed by atoms with Crippen LogP contribution in [0.25, 0.3) is 0 Å². The number of benzene rings is 1. The van der Waals surface area contributed by atoms with Crippen molar-refractivity contribution < 1.29 is 14.3 Å². The van der Waals surface area contributed by atoms with Crippen molar-refractivity contribution in [2.45, 2.75) is 45.8 Å². The Labute approximate surface area is 134 Å². The van der Waals surface area contributed by atoms with E-state index in [0.717, 1.165) is 4.47 Å². The smallest absolute Gasteiger partial charge is 0.410 e. The molecule has 0 aliphatic rings. The van der Waals surface area contributed by atoms with Crippen molar-refractivity contribution in [3.05, 3.63) is 34.3 Å². The van der Waals surface area contributed by atoms with Gasteiger partial charge in [-0.15, -0.1) is 0 Å². The van der Waals surface area contributed by atoms with Gasteiger partial charge in [0.15, 0.2) is 5.78 Å². The van der Waals surface area contributed by atoms with Crippen molar-refractivity contribution in [3.8, 4) is 0 Å². The molecule has 1 atom stereocenters. The monoisotopic (exact) mass is 355 g/mol. The van der Waals surface area contributed by atoms with Gasteiger partial charge in [-0.25, -0.2) is 4.79 Å². The third-order valence-corrected chi connectivity index (χ3v) is 3.50. The quantitative estimate of drug-likeness (QED) is 0.757. The molecule has 0 aromatic heterocycles. The van der Waals surface area contributed by atoms with Gasteiger partial charge in [0.2, 0.25) is 0 Å². The molecule has 0 radical (unpaired) electrons. The number of ether oxygens (including phenoxy) is 1. The Kier molecular flexibility index (Phi) is 5.96. The van der Waals surface area contributed by atoms with Crippen LogP contribution in [0.5, 0.6) is 0 Å². The molecule has 0 N–H and O–H groups in total. The first-order valence-electron chi connectivity index (χ1n) is 6.91. The van der Waals surface area contributed by atoms with E-state index >= 15 is 0 Å². The molecule has 0 saturated heterocycles. The molecule has 5 heteroatoms. The summed E-state index contributed by atoms with van der Waals surface area (Å²) in [5.74, 6) is -0.0849. The lowest BCUT2D eigenvalue weighted by atomic mass is 10.0. The highest BCUT2D eigenvalue weighted by atomic mass is 79.9. The van der Waals surface area contributed by atoms with E-state index in [1.54, 1.807) is 40.0 Å². The Morgan fingerprint density at radius 2 is 1.76 bits per heavy atom. The molecule has 21 heavy (non-hydrogen) atoms. The van der Waals surface area contributed by atoms with Crippen molar-refractivity contribution in [2.24, 2.45) is 0 Å². The molecular formula is C16H22BrNO3. The minimum absolute atomic E-state index is 0.0849. The van der Waals surface area contributed by atoms with E-state index < -0.39 is 17.7 Å². The first kappa shape index (κ1) is 17.7. The summed E-state index contributed by atoms with van der Waals surface area (Å²) in [6, 6.07) is 6.60. The highest BCUT2D eigenvalue weighted by molar-refractivity contribution is 9.10. The molecule has 1 aromatic carbocycles. The standard InChI is InChI=1S/C16H22BrNO3/c1-6-13(18(5)15(20)21-16(2,3)4)14(19)11-7-9-12(17)10-8-11/h7-10,13H,6H2,1-5H3. The van der Waals surface area contributed by atoms with Crippen molar-refractivity contribution in [1.29, 1.82) is 0 Å². The molecule has 0 saturated carbocycles. The Hall–Kier alpha value is -1.36. The maximum absolute atomic E-state index is 12.5. The van der Waals surface area contributed by atoms with Crippen molar-refractivity contribution >= 4 is 27.8 Å². The number of rotatable bonds is 4. The predicted octanol–water partition coefficient (Wildman–Crippen LogP) is 4.28. The summed E-state index contributed by atoms with van der Waals surface area (Å²) in [7, 11) is 1.60. The van der Waals surface area contributed by atoms with Crippen molar-refractivity contribution in [1.82, 2.24) is 4.90 Å². The van der Waals surface area contributed by atoms with Gasteiger partial charge in [0.25, 0.3) is 0 Å². The number of hydrogen-bond acceptors (Lipinski definition) is 3. The zero-order valence-electron chi connectivity index (χ0n) is 13.1. The summed E-state index contributed by atoms with van der Waals surface area (Å²) in [6.07, 6.45) is 0.0461. The van der Waals surface area contributed by atoms with Crippen LogP contribution >= 0.6 is 15.9 Å². The van der Waals surface area contributed by atoms with E-state index in [4.69, 9.17) is 4.74 Å². The molecule has 116 valence electrons. The second-order valence-corrected chi connectivity index (χ2v) is 6.80. The molecule has 1 aromatic rings. The molecule has 1 unspecified atom stereocenters. The van der Waals surface area contributed by atoms with Gasteiger partial charge in [0, 0.05) is 17.1 Å². The largest absolute Gasteiger partial charge is 0.444 e. The SMILES string of the molecule is CCC(C(=O)c1ccc(Br)cc1)N(C)C(=O)OC(C)(C)C. The lowest BCUT2D eigenvalue weighted by Gasteiger charge is -2.29. The minimum atomic E-state index is -0.579. The Morgan fingerprint density at radius 1 is 1.24 bits per heavy atom. The third kappa shape index (κ3) is 5.16. The average Bonchev–Trinajstić information content (AvgIpc) is 2.38. The normalized spacial score (nSPS) is 12.7. The van der Waals surface area contributed by atoms with Crippen LogP contribution in [0, 0.1) is 0 Å². The molecule has 4 nitrogen and oxygen atoms in total. The second kappa shape index (κ2) is 7.07. The molecule has 0 bridgehead atoms. The van der Waals surface area contributed by atoms with Gasteiger partial charge >= 0.3 is 6.09 Å². The summed E-state index contributed by atoms with van der Waals surface area (Å²) in [5.41, 5.74) is 0.00468. The Morgan fingerprint density at radius 3 is 2.19 bits per heavy atom. The first-order valence-corrected chi connectivity index (χ1v) is 7.70. The number of ketones is 1. The molecule has 0 fully saturated rings. The number of carbonyl (C=O) groups is 2. The van der Waals surface area contributed by atoms with E-state index in [0.29, 0.717) is 12.0 Å². The number of amides is 1. The van der Waals surface area contributed by atoms with Crippen LogP contribution < -0.4 is 0 Å².